The topological polar surface area (TPSA) is 55.6 Å². The summed E-state index contributed by atoms with van der Waals surface area (Å²) in [5, 5.41) is 0. The first-order valence-electron chi connectivity index (χ1n) is 4.57. The fourth-order valence-corrected chi connectivity index (χ4v) is 1.02. The van der Waals surface area contributed by atoms with Gasteiger partial charge in [-0.15, -0.1) is 0 Å². The molecule has 17 heavy (non-hydrogen) atoms. The summed E-state index contributed by atoms with van der Waals surface area (Å²) in [7, 11) is 2.31. The van der Waals surface area contributed by atoms with E-state index in [0.29, 0.717) is 11.0 Å². The van der Waals surface area contributed by atoms with Crippen molar-refractivity contribution in [2.24, 2.45) is 0 Å². The largest absolute Gasteiger partial charge is 0.482 e. The van der Waals surface area contributed by atoms with E-state index in [0.717, 1.165) is 26.2 Å². The third-order valence-electron chi connectivity index (χ3n) is 1.87. The van der Waals surface area contributed by atoms with E-state index in [1.165, 1.54) is 0 Å². The van der Waals surface area contributed by atoms with Gasteiger partial charge in [0.15, 0.2) is 0 Å². The average Bonchev–Trinajstić information content (AvgIpc) is 2.22. The normalized spacial score (nSPS) is 11.1. The molecule has 7 heteroatoms. The number of carbonyl (C=O) groups is 1. The minimum absolute atomic E-state index is 0.195. The van der Waals surface area contributed by atoms with Gasteiger partial charge >= 0.3 is 12.0 Å². The number of amides is 1. The molecule has 1 amide bonds. The summed E-state index contributed by atoms with van der Waals surface area (Å²) in [5.74, 6) is -2.90. The van der Waals surface area contributed by atoms with Gasteiger partial charge in [0, 0.05) is 20.2 Å². The van der Waals surface area contributed by atoms with Crippen LogP contribution >= 0.6 is 0 Å². The van der Waals surface area contributed by atoms with Crippen molar-refractivity contribution >= 4 is 11.6 Å². The Morgan fingerprint density at radius 1 is 1.41 bits per heavy atom. The van der Waals surface area contributed by atoms with Crippen LogP contribution in [-0.2, 0) is 4.79 Å². The van der Waals surface area contributed by atoms with Crippen LogP contribution in [0, 0.1) is 5.82 Å². The van der Waals surface area contributed by atoms with Gasteiger partial charge in [-0.05, 0) is 12.1 Å². The van der Waals surface area contributed by atoms with Crippen LogP contribution in [0.5, 0.6) is 5.75 Å². The third-order valence-corrected chi connectivity index (χ3v) is 1.87. The summed E-state index contributed by atoms with van der Waals surface area (Å²) >= 11 is 0. The molecule has 0 bridgehead atoms. The van der Waals surface area contributed by atoms with Gasteiger partial charge in [0.05, 0.1) is 5.69 Å². The maximum Gasteiger partial charge on any atom is 0.482 e. The van der Waals surface area contributed by atoms with E-state index in [9.17, 15) is 18.0 Å². The highest BCUT2D eigenvalue weighted by Gasteiger charge is 2.43. The maximum absolute atomic E-state index is 13.2. The molecule has 0 saturated carbocycles. The Bertz CT molecular complexity index is 436. The molecular formula is C10H11F3N2O2. The van der Waals surface area contributed by atoms with Gasteiger partial charge in [0.1, 0.15) is 11.6 Å². The predicted octanol–water partition coefficient (Wildman–Crippen LogP) is 1.47. The van der Waals surface area contributed by atoms with Crippen molar-refractivity contribution in [3.63, 3.8) is 0 Å². The average molecular weight is 248 g/mol. The molecule has 0 heterocycles. The Morgan fingerprint density at radius 2 is 2.00 bits per heavy atom. The molecule has 0 fully saturated rings. The molecule has 4 nitrogen and oxygen atoms in total. The number of benzene rings is 1. The molecule has 1 aromatic carbocycles. The summed E-state index contributed by atoms with van der Waals surface area (Å²) in [5.41, 5.74) is 4.97. The molecule has 0 aliphatic rings. The second-order valence-electron chi connectivity index (χ2n) is 3.50. The number of alkyl halides is 2. The van der Waals surface area contributed by atoms with Gasteiger partial charge in [-0.3, -0.25) is 4.79 Å². The third kappa shape index (κ3) is 3.02. The molecule has 1 aromatic rings. The number of hydrogen-bond donors (Lipinski definition) is 1. The molecule has 2 N–H and O–H groups in total. The van der Waals surface area contributed by atoms with Crippen molar-refractivity contribution in [2.75, 3.05) is 19.8 Å². The standard InChI is InChI=1S/C10H11F3N2O2/c1-15(2)9(16)10(12,13)17-6-3-4-8(14)7(11)5-6/h3-5H,14H2,1-2H3. The first-order chi connectivity index (χ1) is 7.74. The maximum atomic E-state index is 13.2. The lowest BCUT2D eigenvalue weighted by Crippen LogP contribution is -2.43. The van der Waals surface area contributed by atoms with Crippen LogP contribution in [0.25, 0.3) is 0 Å². The minimum atomic E-state index is -4.05. The van der Waals surface area contributed by atoms with Crippen LogP contribution in [0.3, 0.4) is 0 Å². The number of likely N-dealkylation sites (N-methyl/N-ethyl adjacent to an activating group) is 1. The molecule has 0 saturated heterocycles. The smallest absolute Gasteiger partial charge is 0.425 e. The van der Waals surface area contributed by atoms with E-state index in [-0.39, 0.29) is 5.69 Å². The number of nitrogens with two attached hydrogens (primary N) is 1. The van der Waals surface area contributed by atoms with Gasteiger partial charge in [0.25, 0.3) is 0 Å². The Balaban J connectivity index is 2.90. The van der Waals surface area contributed by atoms with E-state index >= 15 is 0 Å². The summed E-state index contributed by atoms with van der Waals surface area (Å²) in [6, 6.07) is 2.81. The quantitative estimate of drug-likeness (QED) is 0.824. The lowest BCUT2D eigenvalue weighted by molar-refractivity contribution is -0.201. The van der Waals surface area contributed by atoms with E-state index < -0.39 is 23.6 Å². The number of ether oxygens (including phenoxy) is 1. The number of nitrogen functional groups attached to an aromatic ring is 1. The van der Waals surface area contributed by atoms with Gasteiger partial charge in [-0.2, -0.15) is 8.78 Å². The van der Waals surface area contributed by atoms with E-state index in [4.69, 9.17) is 5.73 Å². The first kappa shape index (κ1) is 13.1. The van der Waals surface area contributed by atoms with Crippen molar-refractivity contribution in [1.82, 2.24) is 4.90 Å². The van der Waals surface area contributed by atoms with Crippen molar-refractivity contribution in [3.8, 4) is 5.75 Å². The summed E-state index contributed by atoms with van der Waals surface area (Å²) in [6.45, 7) is 0. The fraction of sp³-hybridized carbons (Fsp3) is 0.300. The van der Waals surface area contributed by atoms with E-state index in [1.54, 1.807) is 0 Å². The number of anilines is 1. The molecule has 94 valence electrons. The number of hydrogen-bond acceptors (Lipinski definition) is 3. The Kier molecular flexibility index (Phi) is 3.50. The Morgan fingerprint density at radius 3 is 2.47 bits per heavy atom. The number of rotatable bonds is 3. The number of carbonyl (C=O) groups excluding carboxylic acids is 1. The predicted molar refractivity (Wildman–Crippen MR) is 55.1 cm³/mol. The summed E-state index contributed by atoms with van der Waals surface area (Å²) in [4.78, 5) is 11.7. The Hall–Kier alpha value is -1.92. The molecule has 1 rings (SSSR count). The van der Waals surface area contributed by atoms with Gasteiger partial charge in [-0.1, -0.05) is 0 Å². The number of nitrogens with zero attached hydrogens (tertiary/aromatic N) is 1. The second kappa shape index (κ2) is 4.52. The molecule has 0 atom stereocenters. The van der Waals surface area contributed by atoms with Crippen molar-refractivity contribution < 1.29 is 22.7 Å². The van der Waals surface area contributed by atoms with Gasteiger partial charge < -0.3 is 15.4 Å². The SMILES string of the molecule is CN(C)C(=O)C(F)(F)Oc1ccc(N)c(F)c1. The zero-order valence-electron chi connectivity index (χ0n) is 9.21. The van der Waals surface area contributed by atoms with Crippen molar-refractivity contribution in [2.45, 2.75) is 6.11 Å². The van der Waals surface area contributed by atoms with Crippen LogP contribution in [0.1, 0.15) is 0 Å². The second-order valence-corrected chi connectivity index (χ2v) is 3.50. The van der Waals surface area contributed by atoms with Crippen LogP contribution in [0.4, 0.5) is 18.9 Å². The molecule has 0 unspecified atom stereocenters. The van der Waals surface area contributed by atoms with Crippen LogP contribution in [0.15, 0.2) is 18.2 Å². The summed E-state index contributed by atoms with van der Waals surface area (Å²) < 4.78 is 43.5. The number of halogens is 3. The lowest BCUT2D eigenvalue weighted by Gasteiger charge is -2.20. The highest BCUT2D eigenvalue weighted by atomic mass is 19.3. The molecule has 0 aliphatic carbocycles. The lowest BCUT2D eigenvalue weighted by atomic mass is 10.3. The minimum Gasteiger partial charge on any atom is -0.425 e. The molecular weight excluding hydrogens is 237 g/mol. The fourth-order valence-electron chi connectivity index (χ4n) is 1.02. The van der Waals surface area contributed by atoms with Crippen LogP contribution in [-0.4, -0.2) is 31.0 Å². The van der Waals surface area contributed by atoms with E-state index in [1.807, 2.05) is 0 Å². The van der Waals surface area contributed by atoms with Crippen molar-refractivity contribution in [3.05, 3.63) is 24.0 Å². The zero-order chi connectivity index (χ0) is 13.2. The monoisotopic (exact) mass is 248 g/mol. The molecule has 0 aliphatic heterocycles. The highest BCUT2D eigenvalue weighted by Crippen LogP contribution is 2.25. The first-order valence-corrected chi connectivity index (χ1v) is 4.57. The van der Waals surface area contributed by atoms with Gasteiger partial charge in [-0.25, -0.2) is 4.39 Å². The zero-order valence-corrected chi connectivity index (χ0v) is 9.21. The summed E-state index contributed by atoms with van der Waals surface area (Å²) in [6.07, 6.45) is -4.05. The Labute approximate surface area is 95.8 Å². The molecule has 0 aromatic heterocycles. The highest BCUT2D eigenvalue weighted by molar-refractivity contribution is 5.81. The van der Waals surface area contributed by atoms with Crippen LogP contribution in [0.2, 0.25) is 0 Å². The molecule has 0 radical (unpaired) electrons. The van der Waals surface area contributed by atoms with Crippen molar-refractivity contribution in [1.29, 1.82) is 0 Å². The van der Waals surface area contributed by atoms with E-state index in [2.05, 4.69) is 4.74 Å². The van der Waals surface area contributed by atoms with Crippen LogP contribution < -0.4 is 10.5 Å². The molecule has 0 spiro atoms. The van der Waals surface area contributed by atoms with Gasteiger partial charge in [0.2, 0.25) is 0 Å².